The van der Waals surface area contributed by atoms with Crippen molar-refractivity contribution in [2.75, 3.05) is 11.9 Å². The molecule has 0 saturated heterocycles. The molecule has 0 fully saturated rings. The molecular formula is C43H42N4. The Hall–Kier alpha value is -5.45. The molecular weight excluding hydrogens is 573 g/mol. The summed E-state index contributed by atoms with van der Waals surface area (Å²) in [6, 6.07) is 54.2. The minimum absolute atomic E-state index is 0.0511. The van der Waals surface area contributed by atoms with Crippen molar-refractivity contribution in [2.45, 2.75) is 33.4 Å². The second-order valence-electron chi connectivity index (χ2n) is 11.2. The first kappa shape index (κ1) is 31.5. The predicted molar refractivity (Wildman–Crippen MR) is 203 cm³/mol. The van der Waals surface area contributed by atoms with Gasteiger partial charge in [-0.15, -0.1) is 0 Å². The van der Waals surface area contributed by atoms with Gasteiger partial charge in [-0.25, -0.2) is 0 Å². The number of anilines is 3. The van der Waals surface area contributed by atoms with Gasteiger partial charge in [0.05, 0.1) is 11.0 Å². The number of rotatable bonds is 9. The van der Waals surface area contributed by atoms with Gasteiger partial charge in [-0.1, -0.05) is 112 Å². The quantitative estimate of drug-likeness (QED) is 0.164. The average Bonchev–Trinajstić information content (AvgIpc) is 3.49. The summed E-state index contributed by atoms with van der Waals surface area (Å²) in [5, 5.41) is 5.85. The van der Waals surface area contributed by atoms with Crippen LogP contribution < -0.4 is 10.2 Å². The van der Waals surface area contributed by atoms with Crippen LogP contribution in [0.3, 0.4) is 0 Å². The van der Waals surface area contributed by atoms with Crippen molar-refractivity contribution in [1.29, 1.82) is 0 Å². The SMILES string of the molecule is CC.CC/C=N\C(NC)c1ccc(N(c2ccccc2)c2ccc(-c3ccc(-n4c5ccccc5c5ccccc54)cc3)cc2)cc1. The van der Waals surface area contributed by atoms with Gasteiger partial charge < -0.3 is 9.47 Å². The molecule has 0 amide bonds. The molecule has 0 aliphatic carbocycles. The van der Waals surface area contributed by atoms with E-state index in [2.05, 4.69) is 178 Å². The topological polar surface area (TPSA) is 32.6 Å². The van der Waals surface area contributed by atoms with Gasteiger partial charge >= 0.3 is 0 Å². The maximum atomic E-state index is 4.66. The third-order valence-corrected chi connectivity index (χ3v) is 8.36. The van der Waals surface area contributed by atoms with Gasteiger partial charge in [-0.2, -0.15) is 0 Å². The van der Waals surface area contributed by atoms with Crippen molar-refractivity contribution >= 4 is 45.1 Å². The van der Waals surface area contributed by atoms with E-state index >= 15 is 0 Å². The number of nitrogens with one attached hydrogen (secondary N) is 1. The molecule has 6 aromatic carbocycles. The van der Waals surface area contributed by atoms with Crippen molar-refractivity contribution in [3.8, 4) is 16.8 Å². The largest absolute Gasteiger partial charge is 0.311 e. The van der Waals surface area contributed by atoms with E-state index in [0.717, 1.165) is 34.7 Å². The molecule has 7 rings (SSSR count). The summed E-state index contributed by atoms with van der Waals surface area (Å²) in [6.07, 6.45) is 2.83. The zero-order valence-electron chi connectivity index (χ0n) is 27.6. The number of aromatic nitrogens is 1. The van der Waals surface area contributed by atoms with Crippen LogP contribution in [0.4, 0.5) is 17.1 Å². The third kappa shape index (κ3) is 6.46. The molecule has 47 heavy (non-hydrogen) atoms. The Balaban J connectivity index is 0.00000190. The summed E-state index contributed by atoms with van der Waals surface area (Å²) in [7, 11) is 1.95. The van der Waals surface area contributed by atoms with Crippen molar-refractivity contribution in [2.24, 2.45) is 4.99 Å². The molecule has 0 aliphatic rings. The highest BCUT2D eigenvalue weighted by molar-refractivity contribution is 6.09. The van der Waals surface area contributed by atoms with Gasteiger partial charge in [0.1, 0.15) is 6.17 Å². The summed E-state index contributed by atoms with van der Waals surface area (Å²) < 4.78 is 2.36. The minimum atomic E-state index is -0.0511. The molecule has 4 heteroatoms. The second kappa shape index (κ2) is 14.8. The van der Waals surface area contributed by atoms with E-state index in [0.29, 0.717) is 0 Å². The Morgan fingerprint density at radius 3 is 1.60 bits per heavy atom. The van der Waals surface area contributed by atoms with Gasteiger partial charge in [0.25, 0.3) is 0 Å². The van der Waals surface area contributed by atoms with E-state index in [1.54, 1.807) is 0 Å². The van der Waals surface area contributed by atoms with Crippen molar-refractivity contribution in [3.63, 3.8) is 0 Å². The fourth-order valence-corrected chi connectivity index (χ4v) is 6.17. The average molecular weight is 615 g/mol. The number of nitrogens with zero attached hydrogens (tertiary/aromatic N) is 3. The van der Waals surface area contributed by atoms with Crippen LogP contribution in [0.15, 0.2) is 157 Å². The van der Waals surface area contributed by atoms with Crippen LogP contribution in [-0.2, 0) is 0 Å². The van der Waals surface area contributed by atoms with Crippen LogP contribution in [0.1, 0.15) is 38.9 Å². The van der Waals surface area contributed by atoms with Crippen LogP contribution in [0.2, 0.25) is 0 Å². The van der Waals surface area contributed by atoms with Gasteiger partial charge in [-0.3, -0.25) is 10.3 Å². The standard InChI is InChI=1S/C41H36N4.C2H6/c1-3-29-43-41(42-2)32-21-27-35(28-22-32)44(33-11-5-4-6-12-33)34-23-17-30(18-24-34)31-19-25-36(26-20-31)45-39-15-9-7-13-37(39)38-14-8-10-16-40(38)45;1-2/h4-29,41-42H,3H2,1-2H3;1-2H3/b43-29-;. The highest BCUT2D eigenvalue weighted by atomic mass is 15.1. The van der Waals surface area contributed by atoms with Gasteiger partial charge in [-0.05, 0) is 90.8 Å². The molecule has 1 N–H and O–H groups in total. The first-order valence-corrected chi connectivity index (χ1v) is 16.6. The summed E-state index contributed by atoms with van der Waals surface area (Å²) >= 11 is 0. The molecule has 0 radical (unpaired) electrons. The molecule has 1 unspecified atom stereocenters. The van der Waals surface area contributed by atoms with E-state index in [4.69, 9.17) is 0 Å². The number of hydrogen-bond donors (Lipinski definition) is 1. The maximum Gasteiger partial charge on any atom is 0.124 e. The molecule has 4 nitrogen and oxygen atoms in total. The van der Waals surface area contributed by atoms with Crippen molar-refractivity contribution in [3.05, 3.63) is 157 Å². The summed E-state index contributed by atoms with van der Waals surface area (Å²) in [6.45, 7) is 6.10. The number of para-hydroxylation sites is 3. The monoisotopic (exact) mass is 614 g/mol. The molecule has 0 aliphatic heterocycles. The number of hydrogen-bond acceptors (Lipinski definition) is 3. The number of aliphatic imine (C=N–C) groups is 1. The fourth-order valence-electron chi connectivity index (χ4n) is 6.17. The zero-order chi connectivity index (χ0) is 32.6. The summed E-state index contributed by atoms with van der Waals surface area (Å²) in [5.74, 6) is 0. The third-order valence-electron chi connectivity index (χ3n) is 8.36. The molecule has 1 aromatic heterocycles. The summed E-state index contributed by atoms with van der Waals surface area (Å²) in [4.78, 5) is 6.95. The van der Waals surface area contributed by atoms with Crippen LogP contribution in [0, 0.1) is 0 Å². The molecule has 234 valence electrons. The van der Waals surface area contributed by atoms with E-state index in [1.165, 1.54) is 32.9 Å². The number of fused-ring (bicyclic) bond motifs is 3. The molecule has 0 bridgehead atoms. The highest BCUT2D eigenvalue weighted by Gasteiger charge is 2.15. The van der Waals surface area contributed by atoms with Crippen LogP contribution in [0.5, 0.6) is 0 Å². The Kier molecular flexibility index (Phi) is 9.90. The lowest BCUT2D eigenvalue weighted by molar-refractivity contribution is 0.626. The Morgan fingerprint density at radius 1 is 0.596 bits per heavy atom. The van der Waals surface area contributed by atoms with Crippen LogP contribution in [0.25, 0.3) is 38.6 Å². The summed E-state index contributed by atoms with van der Waals surface area (Å²) in [5.41, 5.74) is 10.4. The lowest BCUT2D eigenvalue weighted by atomic mass is 10.0. The maximum absolute atomic E-state index is 4.66. The molecule has 0 saturated carbocycles. The smallest absolute Gasteiger partial charge is 0.124 e. The van der Waals surface area contributed by atoms with Gasteiger partial charge in [0.15, 0.2) is 0 Å². The number of benzene rings is 6. The van der Waals surface area contributed by atoms with Crippen molar-refractivity contribution < 1.29 is 0 Å². The first-order valence-electron chi connectivity index (χ1n) is 16.6. The Morgan fingerprint density at radius 2 is 1.06 bits per heavy atom. The highest BCUT2D eigenvalue weighted by Crippen LogP contribution is 2.37. The lowest BCUT2D eigenvalue weighted by Crippen LogP contribution is -2.15. The predicted octanol–water partition coefficient (Wildman–Crippen LogP) is 11.6. The molecule has 1 atom stereocenters. The molecule has 7 aromatic rings. The van der Waals surface area contributed by atoms with E-state index < -0.39 is 0 Å². The van der Waals surface area contributed by atoms with E-state index in [1.807, 2.05) is 27.1 Å². The fraction of sp³-hybridized carbons (Fsp3) is 0.140. The molecule has 1 heterocycles. The second-order valence-corrected chi connectivity index (χ2v) is 11.2. The van der Waals surface area contributed by atoms with Crippen LogP contribution >= 0.6 is 0 Å². The van der Waals surface area contributed by atoms with Gasteiger partial charge in [0.2, 0.25) is 0 Å². The van der Waals surface area contributed by atoms with E-state index in [9.17, 15) is 0 Å². The molecule has 0 spiro atoms. The normalized spacial score (nSPS) is 11.8. The Bertz CT molecular complexity index is 2000. The Labute approximate surface area is 278 Å². The van der Waals surface area contributed by atoms with Gasteiger partial charge in [0, 0.05) is 39.7 Å². The van der Waals surface area contributed by atoms with Crippen LogP contribution in [-0.4, -0.2) is 17.8 Å². The lowest BCUT2D eigenvalue weighted by Gasteiger charge is -2.26. The van der Waals surface area contributed by atoms with E-state index in [-0.39, 0.29) is 6.17 Å². The van der Waals surface area contributed by atoms with Crippen molar-refractivity contribution in [1.82, 2.24) is 9.88 Å². The minimum Gasteiger partial charge on any atom is -0.311 e. The first-order chi connectivity index (χ1) is 23.2. The zero-order valence-corrected chi connectivity index (χ0v) is 27.6.